The van der Waals surface area contributed by atoms with Gasteiger partial charge in [-0.1, -0.05) is 23.7 Å². The minimum atomic E-state index is -0.248. The fraction of sp³-hybridized carbons (Fsp3) is 0.250. The molecule has 0 fully saturated rings. The number of thiol groups is 1. The molecule has 0 unspecified atom stereocenters. The second-order valence-corrected chi connectivity index (χ2v) is 4.88. The Bertz CT molecular complexity index is 470. The highest BCUT2D eigenvalue weighted by Crippen LogP contribution is 2.25. The normalized spacial score (nSPS) is 14.1. The van der Waals surface area contributed by atoms with Gasteiger partial charge in [-0.25, -0.2) is 0 Å². The van der Waals surface area contributed by atoms with Crippen molar-refractivity contribution in [2.75, 3.05) is 6.61 Å². The smallest absolute Gasteiger partial charge is 0.246 e. The second kappa shape index (κ2) is 5.47. The molecule has 0 saturated heterocycles. The maximum absolute atomic E-state index is 11.3. The van der Waals surface area contributed by atoms with Gasteiger partial charge in [0.25, 0.3) is 0 Å². The van der Waals surface area contributed by atoms with Gasteiger partial charge < -0.3 is 10.1 Å². The number of amides is 1. The minimum absolute atomic E-state index is 0.171. The molecule has 5 heteroatoms. The van der Waals surface area contributed by atoms with Crippen LogP contribution in [-0.4, -0.2) is 12.5 Å². The van der Waals surface area contributed by atoms with E-state index < -0.39 is 0 Å². The standard InChI is InChI=1S/C12H12ClNO2S/c13-11(17)6-12(15)14-7-8-1-2-10-9(5-8)3-4-16-10/h1-2,5-6,17H,3-4,7H2,(H,14,15)/b11-6-. The van der Waals surface area contributed by atoms with E-state index in [2.05, 4.69) is 24.0 Å². The number of carbonyl (C=O) groups excluding carboxylic acids is 1. The summed E-state index contributed by atoms with van der Waals surface area (Å²) < 4.78 is 5.58. The van der Waals surface area contributed by atoms with E-state index in [4.69, 9.17) is 16.3 Å². The number of carbonyl (C=O) groups is 1. The molecular formula is C12H12ClNO2S. The van der Waals surface area contributed by atoms with Gasteiger partial charge in [-0.2, -0.15) is 0 Å². The highest BCUT2D eigenvalue weighted by atomic mass is 35.5. The first-order valence-corrected chi connectivity index (χ1v) is 6.06. The number of fused-ring (bicyclic) bond motifs is 1. The Morgan fingerprint density at radius 2 is 2.41 bits per heavy atom. The van der Waals surface area contributed by atoms with Gasteiger partial charge in [0.05, 0.1) is 11.0 Å². The lowest BCUT2D eigenvalue weighted by molar-refractivity contribution is -0.116. The first-order valence-electron chi connectivity index (χ1n) is 5.24. The van der Waals surface area contributed by atoms with Gasteiger partial charge in [0.2, 0.25) is 5.91 Å². The lowest BCUT2D eigenvalue weighted by atomic mass is 10.1. The van der Waals surface area contributed by atoms with Crippen LogP contribution in [-0.2, 0) is 17.8 Å². The SMILES string of the molecule is O=C(/C=C(\S)Cl)NCc1ccc2c(c1)CCO2. The summed E-state index contributed by atoms with van der Waals surface area (Å²) in [5, 5.41) is 2.73. The Morgan fingerprint density at radius 1 is 1.59 bits per heavy atom. The van der Waals surface area contributed by atoms with Crippen molar-refractivity contribution in [2.45, 2.75) is 13.0 Å². The summed E-state index contributed by atoms with van der Waals surface area (Å²) in [7, 11) is 0. The zero-order valence-corrected chi connectivity index (χ0v) is 10.7. The second-order valence-electron chi connectivity index (χ2n) is 3.73. The van der Waals surface area contributed by atoms with Gasteiger partial charge in [0.1, 0.15) is 5.75 Å². The Hall–Kier alpha value is -1.13. The minimum Gasteiger partial charge on any atom is -0.493 e. The van der Waals surface area contributed by atoms with E-state index in [1.165, 1.54) is 11.6 Å². The van der Waals surface area contributed by atoms with Gasteiger partial charge in [0.15, 0.2) is 0 Å². The number of halogens is 1. The van der Waals surface area contributed by atoms with Crippen molar-refractivity contribution in [3.05, 3.63) is 39.8 Å². The number of hydrogen-bond acceptors (Lipinski definition) is 3. The summed E-state index contributed by atoms with van der Waals surface area (Å²) in [6.45, 7) is 1.21. The van der Waals surface area contributed by atoms with E-state index in [1.54, 1.807) is 0 Å². The summed E-state index contributed by atoms with van der Waals surface area (Å²) in [6.07, 6.45) is 2.17. The fourth-order valence-electron chi connectivity index (χ4n) is 1.70. The van der Waals surface area contributed by atoms with Crippen molar-refractivity contribution in [2.24, 2.45) is 0 Å². The van der Waals surface area contributed by atoms with Crippen LogP contribution in [0.4, 0.5) is 0 Å². The monoisotopic (exact) mass is 269 g/mol. The molecule has 0 radical (unpaired) electrons. The summed E-state index contributed by atoms with van der Waals surface area (Å²) in [5.41, 5.74) is 2.24. The summed E-state index contributed by atoms with van der Waals surface area (Å²) in [4.78, 5) is 11.3. The molecule has 0 saturated carbocycles. The molecule has 1 amide bonds. The van der Waals surface area contributed by atoms with Crippen LogP contribution in [0, 0.1) is 0 Å². The van der Waals surface area contributed by atoms with Crippen molar-refractivity contribution in [3.8, 4) is 5.75 Å². The third kappa shape index (κ3) is 3.41. The number of benzene rings is 1. The Balaban J connectivity index is 1.96. The molecule has 90 valence electrons. The topological polar surface area (TPSA) is 38.3 Å². The van der Waals surface area contributed by atoms with Crippen molar-refractivity contribution in [1.29, 1.82) is 0 Å². The van der Waals surface area contributed by atoms with Gasteiger partial charge in [-0.15, -0.1) is 12.6 Å². The van der Waals surface area contributed by atoms with Crippen LogP contribution in [0.25, 0.3) is 0 Å². The largest absolute Gasteiger partial charge is 0.493 e. The lowest BCUT2D eigenvalue weighted by Crippen LogP contribution is -2.20. The average molecular weight is 270 g/mol. The summed E-state index contributed by atoms with van der Waals surface area (Å²) in [6, 6.07) is 5.93. The highest BCUT2D eigenvalue weighted by Gasteiger charge is 2.11. The van der Waals surface area contributed by atoms with Crippen molar-refractivity contribution in [3.63, 3.8) is 0 Å². The summed E-state index contributed by atoms with van der Waals surface area (Å²) in [5.74, 6) is 0.695. The molecule has 1 aromatic carbocycles. The first kappa shape index (κ1) is 12.3. The number of hydrogen-bond donors (Lipinski definition) is 2. The van der Waals surface area contributed by atoms with Gasteiger partial charge in [0, 0.05) is 19.0 Å². The third-order valence-corrected chi connectivity index (χ3v) is 2.71. The quantitative estimate of drug-likeness (QED) is 0.653. The molecule has 2 rings (SSSR count). The molecule has 1 N–H and O–H groups in total. The molecule has 1 aliphatic rings. The van der Waals surface area contributed by atoms with Crippen LogP contribution < -0.4 is 10.1 Å². The van der Waals surface area contributed by atoms with Crippen molar-refractivity contribution in [1.82, 2.24) is 5.32 Å². The van der Waals surface area contributed by atoms with E-state index in [9.17, 15) is 4.79 Å². The molecule has 0 spiro atoms. The van der Waals surface area contributed by atoms with Crippen molar-refractivity contribution < 1.29 is 9.53 Å². The maximum atomic E-state index is 11.3. The van der Waals surface area contributed by atoms with E-state index in [-0.39, 0.29) is 10.3 Å². The molecule has 0 bridgehead atoms. The van der Waals surface area contributed by atoms with E-state index in [0.29, 0.717) is 6.54 Å². The van der Waals surface area contributed by atoms with Crippen molar-refractivity contribution >= 4 is 30.1 Å². The zero-order valence-electron chi connectivity index (χ0n) is 9.07. The van der Waals surface area contributed by atoms with Gasteiger partial charge in [-0.05, 0) is 17.2 Å². The number of rotatable bonds is 3. The highest BCUT2D eigenvalue weighted by molar-refractivity contribution is 7.86. The predicted molar refractivity (Wildman–Crippen MR) is 70.4 cm³/mol. The molecule has 1 aromatic rings. The Morgan fingerprint density at radius 3 is 3.18 bits per heavy atom. The molecular weight excluding hydrogens is 258 g/mol. The van der Waals surface area contributed by atoms with Crippen LogP contribution in [0.2, 0.25) is 0 Å². The molecule has 1 aliphatic heterocycles. The van der Waals surface area contributed by atoms with Gasteiger partial charge in [-0.3, -0.25) is 4.79 Å². The molecule has 0 atom stereocenters. The zero-order chi connectivity index (χ0) is 12.3. The maximum Gasteiger partial charge on any atom is 0.246 e. The van der Waals surface area contributed by atoms with Crippen LogP contribution in [0.3, 0.4) is 0 Å². The molecule has 1 heterocycles. The van der Waals surface area contributed by atoms with Crippen LogP contribution in [0.5, 0.6) is 5.75 Å². The van der Waals surface area contributed by atoms with E-state index >= 15 is 0 Å². The lowest BCUT2D eigenvalue weighted by Gasteiger charge is -2.05. The molecule has 3 nitrogen and oxygen atoms in total. The Kier molecular flexibility index (Phi) is 3.97. The molecule has 0 aromatic heterocycles. The third-order valence-electron chi connectivity index (χ3n) is 2.47. The fourth-order valence-corrected chi connectivity index (χ4v) is 1.91. The number of ether oxygens (including phenoxy) is 1. The average Bonchev–Trinajstić information content (AvgIpc) is 2.72. The van der Waals surface area contributed by atoms with Gasteiger partial charge >= 0.3 is 0 Å². The molecule has 17 heavy (non-hydrogen) atoms. The first-order chi connectivity index (χ1) is 8.15. The summed E-state index contributed by atoms with van der Waals surface area (Å²) >= 11 is 9.30. The van der Waals surface area contributed by atoms with Crippen LogP contribution in [0.15, 0.2) is 28.6 Å². The van der Waals surface area contributed by atoms with Crippen LogP contribution >= 0.6 is 24.2 Å². The van der Waals surface area contributed by atoms with E-state index in [1.807, 2.05) is 12.1 Å². The Labute approximate surface area is 110 Å². The molecule has 0 aliphatic carbocycles. The number of nitrogens with one attached hydrogen (secondary N) is 1. The van der Waals surface area contributed by atoms with E-state index in [0.717, 1.165) is 24.3 Å². The van der Waals surface area contributed by atoms with Crippen LogP contribution in [0.1, 0.15) is 11.1 Å². The predicted octanol–water partition coefficient (Wildman–Crippen LogP) is 2.25.